The van der Waals surface area contributed by atoms with E-state index in [9.17, 15) is 9.90 Å². The summed E-state index contributed by atoms with van der Waals surface area (Å²) in [6.45, 7) is 0. The van der Waals surface area contributed by atoms with Gasteiger partial charge in [-0.25, -0.2) is 0 Å². The molecule has 1 N–H and O–H groups in total. The van der Waals surface area contributed by atoms with Gasteiger partial charge >= 0.3 is 5.97 Å². The van der Waals surface area contributed by atoms with Crippen LogP contribution in [0, 0.1) is 0 Å². The van der Waals surface area contributed by atoms with Crippen molar-refractivity contribution in [3.63, 3.8) is 0 Å². The first-order valence-electron chi connectivity index (χ1n) is 4.64. The van der Waals surface area contributed by atoms with Crippen LogP contribution in [0.4, 0.5) is 0 Å². The number of halogens is 1. The third-order valence-electron chi connectivity index (χ3n) is 2.11. The van der Waals surface area contributed by atoms with E-state index in [2.05, 4.69) is 4.74 Å². The highest BCUT2D eigenvalue weighted by molar-refractivity contribution is 6.31. The third-order valence-corrected chi connectivity index (χ3v) is 2.46. The van der Waals surface area contributed by atoms with E-state index in [0.717, 1.165) is 0 Å². The zero-order valence-corrected chi connectivity index (χ0v) is 9.20. The number of methoxy groups -OCH3 is 1. The van der Waals surface area contributed by atoms with Crippen molar-refractivity contribution in [1.29, 1.82) is 0 Å². The molecule has 0 aliphatic heterocycles. The smallest absolute Gasteiger partial charge is 0.305 e. The first-order chi connectivity index (χ1) is 7.15. The average molecular weight is 229 g/mol. The molecule has 82 valence electrons. The lowest BCUT2D eigenvalue weighted by Gasteiger charge is -2.11. The molecule has 0 heterocycles. The summed E-state index contributed by atoms with van der Waals surface area (Å²) in [5, 5.41) is 10.3. The normalized spacial score (nSPS) is 12.2. The molecule has 1 atom stereocenters. The van der Waals surface area contributed by atoms with Crippen LogP contribution in [-0.4, -0.2) is 18.2 Å². The summed E-state index contributed by atoms with van der Waals surface area (Å²) in [6.07, 6.45) is -0.225. The van der Waals surface area contributed by atoms with Crippen LogP contribution in [0.3, 0.4) is 0 Å². The monoisotopic (exact) mass is 228 g/mol. The summed E-state index contributed by atoms with van der Waals surface area (Å²) >= 11 is 5.89. The third kappa shape index (κ3) is 3.53. The highest BCUT2D eigenvalue weighted by Gasteiger charge is 2.12. The quantitative estimate of drug-likeness (QED) is 0.805. The second-order valence-electron chi connectivity index (χ2n) is 3.15. The van der Waals surface area contributed by atoms with Gasteiger partial charge in [-0.2, -0.15) is 0 Å². The van der Waals surface area contributed by atoms with Crippen LogP contribution in [0.2, 0.25) is 5.02 Å². The van der Waals surface area contributed by atoms with Crippen LogP contribution >= 0.6 is 11.6 Å². The number of carbonyl (C=O) groups is 1. The molecule has 0 aromatic heterocycles. The van der Waals surface area contributed by atoms with Gasteiger partial charge in [0.2, 0.25) is 0 Å². The van der Waals surface area contributed by atoms with E-state index < -0.39 is 6.10 Å². The van der Waals surface area contributed by atoms with Crippen LogP contribution in [0.5, 0.6) is 0 Å². The topological polar surface area (TPSA) is 46.5 Å². The minimum absolute atomic E-state index is 0.183. The summed E-state index contributed by atoms with van der Waals surface area (Å²) in [5.74, 6) is -0.332. The molecule has 1 aromatic carbocycles. The molecular weight excluding hydrogens is 216 g/mol. The maximum Gasteiger partial charge on any atom is 0.305 e. The van der Waals surface area contributed by atoms with E-state index in [1.54, 1.807) is 24.3 Å². The molecule has 1 unspecified atom stereocenters. The van der Waals surface area contributed by atoms with Gasteiger partial charge in [-0.1, -0.05) is 29.8 Å². The summed E-state index contributed by atoms with van der Waals surface area (Å²) in [6, 6.07) is 7.03. The van der Waals surface area contributed by atoms with E-state index in [-0.39, 0.29) is 12.4 Å². The van der Waals surface area contributed by atoms with Gasteiger partial charge in [0, 0.05) is 11.4 Å². The van der Waals surface area contributed by atoms with E-state index in [1.807, 2.05) is 0 Å². The van der Waals surface area contributed by atoms with Crippen LogP contribution in [-0.2, 0) is 9.53 Å². The molecule has 0 amide bonds. The lowest BCUT2D eigenvalue weighted by molar-refractivity contribution is -0.141. The van der Waals surface area contributed by atoms with Crippen molar-refractivity contribution >= 4 is 17.6 Å². The second-order valence-corrected chi connectivity index (χ2v) is 3.56. The SMILES string of the molecule is COC(=O)CCC(O)c1ccccc1Cl. The second kappa shape index (κ2) is 5.73. The molecule has 0 saturated carbocycles. The number of benzene rings is 1. The number of carbonyl (C=O) groups excluding carboxylic acids is 1. The van der Waals surface area contributed by atoms with E-state index in [4.69, 9.17) is 11.6 Å². The Bertz CT molecular complexity index is 338. The van der Waals surface area contributed by atoms with Gasteiger partial charge in [-0.3, -0.25) is 4.79 Å². The molecule has 0 saturated heterocycles. The number of rotatable bonds is 4. The molecule has 3 nitrogen and oxygen atoms in total. The van der Waals surface area contributed by atoms with Crippen molar-refractivity contribution in [2.75, 3.05) is 7.11 Å². The maximum absolute atomic E-state index is 10.9. The summed E-state index contributed by atoms with van der Waals surface area (Å²) in [5.41, 5.74) is 0.642. The van der Waals surface area contributed by atoms with Crippen LogP contribution in [0.25, 0.3) is 0 Å². The molecule has 0 aliphatic rings. The first kappa shape index (κ1) is 12.0. The van der Waals surface area contributed by atoms with E-state index in [1.165, 1.54) is 7.11 Å². The van der Waals surface area contributed by atoms with Crippen molar-refractivity contribution < 1.29 is 14.6 Å². The zero-order chi connectivity index (χ0) is 11.3. The van der Waals surface area contributed by atoms with Gasteiger partial charge in [0.1, 0.15) is 0 Å². The predicted molar refractivity (Wildman–Crippen MR) is 57.7 cm³/mol. The van der Waals surface area contributed by atoms with E-state index >= 15 is 0 Å². The molecule has 4 heteroatoms. The Labute approximate surface area is 93.6 Å². The Kier molecular flexibility index (Phi) is 4.59. The van der Waals surface area contributed by atoms with Gasteiger partial charge in [-0.15, -0.1) is 0 Å². The molecule has 0 fully saturated rings. The number of ether oxygens (including phenoxy) is 1. The molecule has 1 aromatic rings. The van der Waals surface area contributed by atoms with Crippen molar-refractivity contribution in [2.24, 2.45) is 0 Å². The molecule has 0 bridgehead atoms. The molecule has 0 spiro atoms. The van der Waals surface area contributed by atoms with Crippen LogP contribution < -0.4 is 0 Å². The molecule has 15 heavy (non-hydrogen) atoms. The van der Waals surface area contributed by atoms with Crippen molar-refractivity contribution in [3.05, 3.63) is 34.9 Å². The number of hydrogen-bond donors (Lipinski definition) is 1. The van der Waals surface area contributed by atoms with Gasteiger partial charge in [0.15, 0.2) is 0 Å². The zero-order valence-electron chi connectivity index (χ0n) is 8.44. The Balaban J connectivity index is 2.57. The summed E-state index contributed by atoms with van der Waals surface area (Å²) in [7, 11) is 1.32. The van der Waals surface area contributed by atoms with Crippen molar-refractivity contribution in [1.82, 2.24) is 0 Å². The van der Waals surface area contributed by atoms with Crippen LogP contribution in [0.1, 0.15) is 24.5 Å². The Morgan fingerprint density at radius 2 is 2.20 bits per heavy atom. The van der Waals surface area contributed by atoms with Crippen molar-refractivity contribution in [3.8, 4) is 0 Å². The average Bonchev–Trinajstić information content (AvgIpc) is 2.26. The van der Waals surface area contributed by atoms with Crippen LogP contribution in [0.15, 0.2) is 24.3 Å². The fourth-order valence-electron chi connectivity index (χ4n) is 1.26. The lowest BCUT2D eigenvalue weighted by atomic mass is 10.1. The summed E-state index contributed by atoms with van der Waals surface area (Å²) < 4.78 is 4.48. The molecule has 1 rings (SSSR count). The highest BCUT2D eigenvalue weighted by Crippen LogP contribution is 2.25. The van der Waals surface area contributed by atoms with Gasteiger partial charge in [0.05, 0.1) is 13.2 Å². The number of aliphatic hydroxyl groups excluding tert-OH is 1. The Hall–Kier alpha value is -1.06. The Morgan fingerprint density at radius 3 is 2.80 bits per heavy atom. The molecule has 0 aliphatic carbocycles. The first-order valence-corrected chi connectivity index (χ1v) is 5.02. The van der Waals surface area contributed by atoms with Gasteiger partial charge in [0.25, 0.3) is 0 Å². The fraction of sp³-hybridized carbons (Fsp3) is 0.364. The standard InChI is InChI=1S/C11H13ClO3/c1-15-11(14)7-6-10(13)8-4-2-3-5-9(8)12/h2-5,10,13H,6-7H2,1H3. The number of hydrogen-bond acceptors (Lipinski definition) is 3. The minimum Gasteiger partial charge on any atom is -0.469 e. The summed E-state index contributed by atoms with van der Waals surface area (Å²) in [4.78, 5) is 10.9. The molecular formula is C11H13ClO3. The fourth-order valence-corrected chi connectivity index (χ4v) is 1.52. The lowest BCUT2D eigenvalue weighted by Crippen LogP contribution is -2.05. The molecule has 0 radical (unpaired) electrons. The highest BCUT2D eigenvalue weighted by atomic mass is 35.5. The van der Waals surface area contributed by atoms with Gasteiger partial charge < -0.3 is 9.84 Å². The van der Waals surface area contributed by atoms with E-state index in [0.29, 0.717) is 17.0 Å². The Morgan fingerprint density at radius 1 is 1.53 bits per heavy atom. The number of esters is 1. The van der Waals surface area contributed by atoms with Crippen molar-refractivity contribution in [2.45, 2.75) is 18.9 Å². The maximum atomic E-state index is 10.9. The van der Waals surface area contributed by atoms with Gasteiger partial charge in [-0.05, 0) is 18.1 Å². The predicted octanol–water partition coefficient (Wildman–Crippen LogP) is 2.33. The number of aliphatic hydroxyl groups is 1. The minimum atomic E-state index is -0.724. The largest absolute Gasteiger partial charge is 0.469 e.